The molecule has 2 heterocycles. The van der Waals surface area contributed by atoms with Crippen molar-refractivity contribution in [2.24, 2.45) is 28.4 Å². The number of nitrogens with two attached hydrogens (primary N) is 1. The molecule has 3 aliphatic rings. The Morgan fingerprint density at radius 2 is 1.90 bits per heavy atom. The number of hydrogen-bond donors (Lipinski definition) is 3. The van der Waals surface area contributed by atoms with Crippen LogP contribution in [0.4, 0.5) is 8.78 Å². The Hall–Kier alpha value is -1.81. The summed E-state index contributed by atoms with van der Waals surface area (Å²) in [6, 6.07) is 7.48. The molecule has 4 N–H and O–H groups in total. The number of benzene rings is 2. The molecule has 0 aromatic heterocycles. The van der Waals surface area contributed by atoms with E-state index in [-0.39, 0.29) is 38.6 Å². The van der Waals surface area contributed by atoms with Crippen LogP contribution in [0.15, 0.2) is 36.4 Å². The molecule has 0 spiro atoms. The molecular formula is C38H53Cl2F2N3O3. The highest BCUT2D eigenvalue weighted by molar-refractivity contribution is 6.31. The van der Waals surface area contributed by atoms with Crippen molar-refractivity contribution in [3.63, 3.8) is 0 Å². The third kappa shape index (κ3) is 7.59. The number of ether oxygens (including phenoxy) is 2. The minimum Gasteiger partial charge on any atom is -0.355 e. The molecule has 6 nitrogen and oxygen atoms in total. The molecule has 1 amide bonds. The monoisotopic (exact) mass is 707 g/mol. The summed E-state index contributed by atoms with van der Waals surface area (Å²) >= 11 is 12.5. The van der Waals surface area contributed by atoms with Gasteiger partial charge in [-0.3, -0.25) is 4.79 Å². The molecular weight excluding hydrogens is 655 g/mol. The van der Waals surface area contributed by atoms with Gasteiger partial charge in [-0.25, -0.2) is 8.78 Å². The van der Waals surface area contributed by atoms with Gasteiger partial charge in [0.15, 0.2) is 5.79 Å². The fourth-order valence-corrected chi connectivity index (χ4v) is 8.70. The lowest BCUT2D eigenvalue weighted by Gasteiger charge is -2.40. The second-order valence-corrected chi connectivity index (χ2v) is 16.9. The van der Waals surface area contributed by atoms with E-state index in [1.165, 1.54) is 18.6 Å². The van der Waals surface area contributed by atoms with E-state index >= 15 is 8.78 Å². The van der Waals surface area contributed by atoms with Gasteiger partial charge >= 0.3 is 0 Å². The number of carbonyl (C=O) groups excluding carboxylic acids is 1. The molecule has 48 heavy (non-hydrogen) atoms. The smallest absolute Gasteiger partial charge is 0.237 e. The zero-order chi connectivity index (χ0) is 35.2. The molecule has 10 heteroatoms. The second-order valence-electron chi connectivity index (χ2n) is 16.0. The van der Waals surface area contributed by atoms with Crippen LogP contribution in [-0.2, 0) is 19.8 Å². The van der Waals surface area contributed by atoms with Gasteiger partial charge in [0.25, 0.3) is 0 Å². The maximum atomic E-state index is 16.0. The lowest BCUT2D eigenvalue weighted by atomic mass is 9.67. The molecule has 0 bridgehead atoms. The number of halogens is 4. The maximum absolute atomic E-state index is 16.0. The topological polar surface area (TPSA) is 85.6 Å². The number of amides is 1. The van der Waals surface area contributed by atoms with Crippen molar-refractivity contribution < 1.29 is 23.0 Å². The molecule has 1 saturated carbocycles. The summed E-state index contributed by atoms with van der Waals surface area (Å²) < 4.78 is 43.6. The molecule has 266 valence electrons. The highest BCUT2D eigenvalue weighted by Gasteiger charge is 2.59. The summed E-state index contributed by atoms with van der Waals surface area (Å²) in [5, 5.41) is 6.66. The predicted molar refractivity (Wildman–Crippen MR) is 188 cm³/mol. The lowest BCUT2D eigenvalue weighted by Crippen LogP contribution is -2.52. The lowest BCUT2D eigenvalue weighted by molar-refractivity contribution is -0.138. The van der Waals surface area contributed by atoms with E-state index in [2.05, 4.69) is 45.3 Å². The normalized spacial score (nSPS) is 32.0. The zero-order valence-electron chi connectivity index (χ0n) is 29.4. The summed E-state index contributed by atoms with van der Waals surface area (Å²) in [7, 11) is 0. The minimum atomic E-state index is -1.53. The number of hydrogen-bond acceptors (Lipinski definition) is 5. The molecule has 8 atom stereocenters. The number of nitrogens with one attached hydrogen (secondary N) is 2. The van der Waals surface area contributed by atoms with E-state index in [1.54, 1.807) is 24.3 Å². The third-order valence-electron chi connectivity index (χ3n) is 11.8. The first kappa shape index (κ1) is 37.4. The molecule has 0 radical (unpaired) electrons. The van der Waals surface area contributed by atoms with Crippen LogP contribution in [0.5, 0.6) is 0 Å². The van der Waals surface area contributed by atoms with E-state index in [0.29, 0.717) is 43.2 Å². The van der Waals surface area contributed by atoms with Gasteiger partial charge in [-0.1, -0.05) is 82.4 Å². The third-order valence-corrected chi connectivity index (χ3v) is 12.3. The Morgan fingerprint density at radius 3 is 2.54 bits per heavy atom. The summed E-state index contributed by atoms with van der Waals surface area (Å²) in [4.78, 5) is 14.1. The van der Waals surface area contributed by atoms with E-state index in [0.717, 1.165) is 19.3 Å². The van der Waals surface area contributed by atoms with E-state index in [1.807, 2.05) is 13.8 Å². The van der Waals surface area contributed by atoms with Crippen molar-refractivity contribution in [3.8, 4) is 0 Å². The van der Waals surface area contributed by atoms with Crippen molar-refractivity contribution in [1.29, 1.82) is 0 Å². The zero-order valence-corrected chi connectivity index (χ0v) is 30.9. The van der Waals surface area contributed by atoms with Crippen LogP contribution < -0.4 is 16.4 Å². The maximum Gasteiger partial charge on any atom is 0.237 e. The summed E-state index contributed by atoms with van der Waals surface area (Å²) in [5.41, 5.74) is 6.40. The fraction of sp³-hybridized carbons (Fsp3) is 0.658. The summed E-state index contributed by atoms with van der Waals surface area (Å²) in [5.74, 6) is -1.98. The largest absolute Gasteiger partial charge is 0.355 e. The number of rotatable bonds is 13. The van der Waals surface area contributed by atoms with Crippen LogP contribution in [-0.4, -0.2) is 43.0 Å². The molecule has 2 aromatic carbocycles. The van der Waals surface area contributed by atoms with Gasteiger partial charge < -0.3 is 25.8 Å². The van der Waals surface area contributed by atoms with Crippen LogP contribution >= 0.6 is 23.2 Å². The Balaban J connectivity index is 1.47. The average Bonchev–Trinajstić information content (AvgIpc) is 3.44. The minimum absolute atomic E-state index is 0.0934. The van der Waals surface area contributed by atoms with Gasteiger partial charge in [-0.05, 0) is 92.4 Å². The van der Waals surface area contributed by atoms with Crippen LogP contribution in [0, 0.1) is 34.3 Å². The van der Waals surface area contributed by atoms with Gasteiger partial charge in [-0.2, -0.15) is 0 Å². The molecule has 3 fully saturated rings. The fourth-order valence-electron chi connectivity index (χ4n) is 8.36. The first-order valence-corrected chi connectivity index (χ1v) is 18.2. The van der Waals surface area contributed by atoms with Crippen LogP contribution in [0.25, 0.3) is 0 Å². The Bertz CT molecular complexity index is 1490. The highest BCUT2D eigenvalue weighted by Crippen LogP contribution is 2.61. The summed E-state index contributed by atoms with van der Waals surface area (Å²) in [6.45, 7) is 15.8. The highest BCUT2D eigenvalue weighted by atomic mass is 35.5. The van der Waals surface area contributed by atoms with E-state index in [9.17, 15) is 4.79 Å². The molecule has 2 aromatic rings. The molecule has 1 aliphatic carbocycles. The molecule has 2 aliphatic heterocycles. The average molecular weight is 709 g/mol. The standard InChI is InChI=1S/C38H53Cl2F2N3O3/c1-8-22(2)37(7)19-23(37)14-16-35(3,4)20-30-38(43,27-13-12-24(39)18-29(27)41)31(26-10-9-11-28(40)32(26)42)33(45-30)34(46)44-17-15-25-21-47-36(5,6)48-25/h9-13,18,22-23,25,30-31,33,45H,8,14-17,19-21,43H2,1-7H3,(H,44,46). The van der Waals surface area contributed by atoms with Gasteiger partial charge in [0.05, 0.1) is 29.3 Å². The van der Waals surface area contributed by atoms with Crippen LogP contribution in [0.3, 0.4) is 0 Å². The molecule has 5 rings (SSSR count). The van der Waals surface area contributed by atoms with Gasteiger partial charge in [-0.15, -0.1) is 0 Å². The van der Waals surface area contributed by atoms with Gasteiger partial charge in [0.2, 0.25) is 5.91 Å². The Labute approximate surface area is 295 Å². The summed E-state index contributed by atoms with van der Waals surface area (Å²) in [6.07, 6.45) is 5.30. The Kier molecular flexibility index (Phi) is 11.0. The van der Waals surface area contributed by atoms with Crippen molar-refractivity contribution >= 4 is 29.1 Å². The van der Waals surface area contributed by atoms with Crippen LogP contribution in [0.2, 0.25) is 10.0 Å². The SMILES string of the molecule is CCC(C)C1(C)CC1CCC(C)(C)CC1NC(C(=O)NCCC2COC(C)(C)O2)C(c2cccc(Cl)c2F)C1(N)c1ccc(Cl)cc1F. The number of carbonyl (C=O) groups is 1. The van der Waals surface area contributed by atoms with Gasteiger partial charge in [0.1, 0.15) is 11.6 Å². The Morgan fingerprint density at radius 1 is 1.17 bits per heavy atom. The van der Waals surface area contributed by atoms with Crippen molar-refractivity contribution in [2.45, 2.75) is 122 Å². The second kappa shape index (κ2) is 14.1. The van der Waals surface area contributed by atoms with E-state index in [4.69, 9.17) is 38.4 Å². The van der Waals surface area contributed by atoms with Crippen molar-refractivity contribution in [2.75, 3.05) is 13.2 Å². The van der Waals surface area contributed by atoms with Gasteiger partial charge in [0, 0.05) is 29.1 Å². The molecule has 8 unspecified atom stereocenters. The van der Waals surface area contributed by atoms with Crippen molar-refractivity contribution in [3.05, 3.63) is 69.2 Å². The first-order chi connectivity index (χ1) is 22.4. The predicted octanol–water partition coefficient (Wildman–Crippen LogP) is 8.48. The van der Waals surface area contributed by atoms with Crippen LogP contribution in [0.1, 0.15) is 104 Å². The first-order valence-electron chi connectivity index (χ1n) is 17.5. The van der Waals surface area contributed by atoms with Crippen molar-refractivity contribution in [1.82, 2.24) is 10.6 Å². The quantitative estimate of drug-likeness (QED) is 0.195. The molecule has 2 saturated heterocycles. The van der Waals surface area contributed by atoms with E-state index < -0.39 is 41.0 Å².